The molecule has 3 aromatic rings. The molecule has 0 aliphatic carbocycles. The molecule has 0 saturated heterocycles. The van der Waals surface area contributed by atoms with Crippen molar-refractivity contribution in [3.8, 4) is 5.75 Å². The third-order valence-corrected chi connectivity index (χ3v) is 4.90. The van der Waals surface area contributed by atoms with Crippen molar-refractivity contribution in [1.29, 1.82) is 0 Å². The monoisotopic (exact) mass is 390 g/mol. The first-order valence-corrected chi connectivity index (χ1v) is 9.49. The van der Waals surface area contributed by atoms with Gasteiger partial charge in [0, 0.05) is 0 Å². The fraction of sp³-hybridized carbons (Fsp3) is 0.217. The molecule has 2 aromatic carbocycles. The van der Waals surface area contributed by atoms with E-state index in [0.29, 0.717) is 17.2 Å². The van der Waals surface area contributed by atoms with Crippen LogP contribution in [0.3, 0.4) is 0 Å². The van der Waals surface area contributed by atoms with E-state index >= 15 is 0 Å². The van der Waals surface area contributed by atoms with Gasteiger partial charge in [-0.25, -0.2) is 0 Å². The highest BCUT2D eigenvalue weighted by Gasteiger charge is 2.27. The van der Waals surface area contributed by atoms with Crippen molar-refractivity contribution in [2.45, 2.75) is 26.4 Å². The Morgan fingerprint density at radius 2 is 1.93 bits per heavy atom. The van der Waals surface area contributed by atoms with Crippen LogP contribution in [0.2, 0.25) is 0 Å². The van der Waals surface area contributed by atoms with E-state index in [2.05, 4.69) is 5.32 Å². The maximum absolute atomic E-state index is 12.5. The Kier molecular flexibility index (Phi) is 5.08. The van der Waals surface area contributed by atoms with Crippen LogP contribution < -0.4 is 15.0 Å². The fourth-order valence-electron chi connectivity index (χ4n) is 3.32. The molecule has 1 atom stereocenters. The van der Waals surface area contributed by atoms with Gasteiger partial charge in [-0.3, -0.25) is 14.5 Å². The maximum Gasteiger partial charge on any atom is 0.287 e. The Hall–Kier alpha value is -3.54. The highest BCUT2D eigenvalue weighted by Crippen LogP contribution is 2.34. The summed E-state index contributed by atoms with van der Waals surface area (Å²) in [7, 11) is 0. The van der Waals surface area contributed by atoms with Gasteiger partial charge in [0.2, 0.25) is 0 Å². The second kappa shape index (κ2) is 7.83. The van der Waals surface area contributed by atoms with Crippen molar-refractivity contribution in [2.24, 2.45) is 0 Å². The van der Waals surface area contributed by atoms with Crippen LogP contribution in [0, 0.1) is 6.92 Å². The molecule has 0 spiro atoms. The summed E-state index contributed by atoms with van der Waals surface area (Å²) in [5, 5.41) is 2.93. The van der Waals surface area contributed by atoms with E-state index < -0.39 is 0 Å². The fourth-order valence-corrected chi connectivity index (χ4v) is 3.32. The summed E-state index contributed by atoms with van der Waals surface area (Å²) in [6.07, 6.45) is 0. The largest absolute Gasteiger partial charge is 0.482 e. The minimum atomic E-state index is -0.295. The Labute approximate surface area is 169 Å². The van der Waals surface area contributed by atoms with E-state index in [0.717, 1.165) is 11.1 Å². The molecule has 1 aliphatic rings. The molecule has 1 N–H and O–H groups in total. The number of hydrogen-bond donors (Lipinski definition) is 1. The number of carbonyl (C=O) groups excluding carboxylic acids is 2. The van der Waals surface area contributed by atoms with Gasteiger partial charge >= 0.3 is 0 Å². The summed E-state index contributed by atoms with van der Waals surface area (Å²) < 4.78 is 11.3. The number of nitrogens with zero attached hydrogens (tertiary/aromatic N) is 1. The lowest BCUT2D eigenvalue weighted by atomic mass is 10.1. The average molecular weight is 390 g/mol. The predicted octanol–water partition coefficient (Wildman–Crippen LogP) is 4.00. The molecule has 0 fully saturated rings. The van der Waals surface area contributed by atoms with Crippen LogP contribution in [0.25, 0.3) is 0 Å². The van der Waals surface area contributed by atoms with Crippen molar-refractivity contribution in [1.82, 2.24) is 5.32 Å². The molecule has 4 rings (SSSR count). The number of hydrogen-bond acceptors (Lipinski definition) is 4. The molecule has 2 amide bonds. The van der Waals surface area contributed by atoms with Crippen molar-refractivity contribution in [2.75, 3.05) is 11.5 Å². The second-order valence-corrected chi connectivity index (χ2v) is 7.11. The van der Waals surface area contributed by atoms with Gasteiger partial charge in [0.05, 0.1) is 18.3 Å². The van der Waals surface area contributed by atoms with E-state index in [-0.39, 0.29) is 36.8 Å². The van der Waals surface area contributed by atoms with Gasteiger partial charge in [0.1, 0.15) is 11.5 Å². The van der Waals surface area contributed by atoms with Gasteiger partial charge in [-0.05, 0) is 49.2 Å². The molecule has 1 aromatic heterocycles. The first-order chi connectivity index (χ1) is 14.0. The van der Waals surface area contributed by atoms with E-state index in [9.17, 15) is 9.59 Å². The van der Waals surface area contributed by atoms with Gasteiger partial charge in [0.15, 0.2) is 12.4 Å². The number of aryl methyl sites for hydroxylation is 1. The normalized spacial score (nSPS) is 14.1. The van der Waals surface area contributed by atoms with E-state index in [4.69, 9.17) is 9.15 Å². The third-order valence-electron chi connectivity index (χ3n) is 4.90. The van der Waals surface area contributed by atoms with Crippen LogP contribution in [0.5, 0.6) is 5.75 Å². The smallest absolute Gasteiger partial charge is 0.287 e. The van der Waals surface area contributed by atoms with E-state index in [1.807, 2.05) is 62.4 Å². The van der Waals surface area contributed by atoms with Crippen LogP contribution in [0.15, 0.2) is 65.1 Å². The zero-order valence-electron chi connectivity index (χ0n) is 16.3. The molecular weight excluding hydrogens is 368 g/mol. The molecule has 1 aliphatic heterocycles. The molecule has 0 bridgehead atoms. The highest BCUT2D eigenvalue weighted by molar-refractivity contribution is 5.97. The average Bonchev–Trinajstić information content (AvgIpc) is 3.19. The van der Waals surface area contributed by atoms with Crippen molar-refractivity contribution >= 4 is 17.5 Å². The summed E-state index contributed by atoms with van der Waals surface area (Å²) in [4.78, 5) is 26.5. The molecule has 6 nitrogen and oxygen atoms in total. The standard InChI is InChI=1S/C23H22N2O4/c1-15-8-10-19-21(12-15)28-14-22(26)25(19)13-18-9-11-20(29-18)23(27)24-16(2)17-6-4-3-5-7-17/h3-12,16H,13-14H2,1-2H3,(H,24,27). The first kappa shape index (κ1) is 18.8. The third kappa shape index (κ3) is 4.01. The number of anilines is 1. The number of nitrogens with one attached hydrogen (secondary N) is 1. The van der Waals surface area contributed by atoms with Crippen LogP contribution >= 0.6 is 0 Å². The maximum atomic E-state index is 12.5. The van der Waals surface area contributed by atoms with Crippen LogP contribution in [-0.2, 0) is 11.3 Å². The van der Waals surface area contributed by atoms with Gasteiger partial charge in [0.25, 0.3) is 11.8 Å². The predicted molar refractivity (Wildman–Crippen MR) is 109 cm³/mol. The summed E-state index contributed by atoms with van der Waals surface area (Å²) >= 11 is 0. The number of furan rings is 1. The number of carbonyl (C=O) groups is 2. The molecule has 2 heterocycles. The topological polar surface area (TPSA) is 71.8 Å². The van der Waals surface area contributed by atoms with Gasteiger partial charge < -0.3 is 14.5 Å². The molecule has 0 radical (unpaired) electrons. The number of rotatable bonds is 5. The minimum absolute atomic E-state index is 0.0148. The van der Waals surface area contributed by atoms with Crippen LogP contribution in [0.4, 0.5) is 5.69 Å². The number of amides is 2. The molecule has 0 saturated carbocycles. The Morgan fingerprint density at radius 3 is 2.72 bits per heavy atom. The summed E-state index contributed by atoms with van der Waals surface area (Å²) in [6, 6.07) is 18.6. The first-order valence-electron chi connectivity index (χ1n) is 9.49. The van der Waals surface area contributed by atoms with Crippen molar-refractivity contribution < 1.29 is 18.7 Å². The summed E-state index contributed by atoms with van der Waals surface area (Å²) in [5.41, 5.74) is 2.77. The molecule has 6 heteroatoms. The van der Waals surface area contributed by atoms with Crippen molar-refractivity contribution in [3.05, 3.63) is 83.3 Å². The summed E-state index contributed by atoms with van der Waals surface area (Å²) in [6.45, 7) is 4.11. The molecule has 29 heavy (non-hydrogen) atoms. The SMILES string of the molecule is Cc1ccc2c(c1)OCC(=O)N2Cc1ccc(C(=O)NC(C)c2ccccc2)o1. The number of ether oxygens (including phenoxy) is 1. The molecule has 1 unspecified atom stereocenters. The molecule has 148 valence electrons. The lowest BCUT2D eigenvalue weighted by Gasteiger charge is -2.28. The number of benzene rings is 2. The lowest BCUT2D eigenvalue weighted by Crippen LogP contribution is -2.38. The van der Waals surface area contributed by atoms with Crippen LogP contribution in [0.1, 0.15) is 40.4 Å². The van der Waals surface area contributed by atoms with E-state index in [1.165, 1.54) is 0 Å². The van der Waals surface area contributed by atoms with E-state index in [1.54, 1.807) is 17.0 Å². The zero-order valence-corrected chi connectivity index (χ0v) is 16.3. The van der Waals surface area contributed by atoms with Gasteiger partial charge in [-0.2, -0.15) is 0 Å². The highest BCUT2D eigenvalue weighted by atomic mass is 16.5. The second-order valence-electron chi connectivity index (χ2n) is 7.11. The molecular formula is C23H22N2O4. The Balaban J connectivity index is 1.47. The van der Waals surface area contributed by atoms with Crippen LogP contribution in [-0.4, -0.2) is 18.4 Å². The minimum Gasteiger partial charge on any atom is -0.482 e. The zero-order chi connectivity index (χ0) is 20.4. The van der Waals surface area contributed by atoms with Gasteiger partial charge in [-0.1, -0.05) is 36.4 Å². The number of fused-ring (bicyclic) bond motifs is 1. The van der Waals surface area contributed by atoms with Crippen molar-refractivity contribution in [3.63, 3.8) is 0 Å². The lowest BCUT2D eigenvalue weighted by molar-refractivity contribution is -0.121. The summed E-state index contributed by atoms with van der Waals surface area (Å²) in [5.74, 6) is 0.973. The Morgan fingerprint density at radius 1 is 1.14 bits per heavy atom. The Bertz CT molecular complexity index is 1040. The quantitative estimate of drug-likeness (QED) is 0.715. The van der Waals surface area contributed by atoms with Gasteiger partial charge in [-0.15, -0.1) is 0 Å².